The van der Waals surface area contributed by atoms with Crippen LogP contribution in [0.4, 0.5) is 20.3 Å². The van der Waals surface area contributed by atoms with Gasteiger partial charge < -0.3 is 25.0 Å². The molecule has 5 saturated heterocycles. The lowest BCUT2D eigenvalue weighted by Crippen LogP contribution is -2.67. The molecular weight excluding hydrogens is 542 g/mol. The largest absolute Gasteiger partial charge is 0.508 e. The zero-order valence-electron chi connectivity index (χ0n) is 23.6. The van der Waals surface area contributed by atoms with Crippen LogP contribution >= 0.6 is 0 Å². The highest BCUT2D eigenvalue weighted by molar-refractivity contribution is 6.16. The summed E-state index contributed by atoms with van der Waals surface area (Å²) in [5, 5.41) is 15.4. The number of piperazine rings is 1. The Hall–Kier alpha value is -3.57. The van der Waals surface area contributed by atoms with Crippen LogP contribution in [-0.2, 0) is 13.0 Å². The maximum Gasteiger partial charge on any atom is 0.318 e. The molecule has 0 radical (unpaired) electrons. The molecule has 2 N–H and O–H groups in total. The lowest BCUT2D eigenvalue weighted by atomic mass is 9.91. The van der Waals surface area contributed by atoms with Gasteiger partial charge in [0.05, 0.1) is 23.5 Å². The van der Waals surface area contributed by atoms with E-state index in [4.69, 9.17) is 14.7 Å². The monoisotopic (exact) mass is 576 g/mol. The SMILES string of the molecule is CCc1c(F)ccc2cc(O)cc(N3Cc4nc(OC[C@@]56CCCN5C[C@H](F)C6)nc(N5CC6CC(C5)N6)c4C3=O)c12. The van der Waals surface area contributed by atoms with Gasteiger partial charge in [0.15, 0.2) is 0 Å². The third-order valence-corrected chi connectivity index (χ3v) is 9.94. The average Bonchev–Trinajstić information content (AvgIpc) is 3.60. The summed E-state index contributed by atoms with van der Waals surface area (Å²) in [5.41, 5.74) is 1.54. The highest BCUT2D eigenvalue weighted by atomic mass is 19.1. The smallest absolute Gasteiger partial charge is 0.318 e. The van der Waals surface area contributed by atoms with Crippen LogP contribution in [0.2, 0.25) is 0 Å². The van der Waals surface area contributed by atoms with Crippen molar-refractivity contribution >= 4 is 28.2 Å². The molecule has 0 spiro atoms. The van der Waals surface area contributed by atoms with Crippen molar-refractivity contribution in [1.29, 1.82) is 0 Å². The number of fused-ring (bicyclic) bond motifs is 5. The lowest BCUT2D eigenvalue weighted by Gasteiger charge is -2.48. The molecule has 42 heavy (non-hydrogen) atoms. The van der Waals surface area contributed by atoms with Crippen molar-refractivity contribution < 1.29 is 23.4 Å². The molecule has 7 heterocycles. The van der Waals surface area contributed by atoms with Crippen LogP contribution in [0.1, 0.15) is 54.2 Å². The zero-order valence-corrected chi connectivity index (χ0v) is 23.6. The van der Waals surface area contributed by atoms with Gasteiger partial charge in [0.25, 0.3) is 5.91 Å². The quantitative estimate of drug-likeness (QED) is 0.459. The van der Waals surface area contributed by atoms with Gasteiger partial charge in [0, 0.05) is 49.6 Å². The number of aromatic hydroxyl groups is 1. The van der Waals surface area contributed by atoms with E-state index in [1.165, 1.54) is 12.1 Å². The number of halogens is 2. The van der Waals surface area contributed by atoms with E-state index >= 15 is 0 Å². The molecule has 5 fully saturated rings. The minimum Gasteiger partial charge on any atom is -0.508 e. The highest BCUT2D eigenvalue weighted by Gasteiger charge is 2.50. The number of nitrogens with one attached hydrogen (secondary N) is 1. The Labute approximate surface area is 242 Å². The summed E-state index contributed by atoms with van der Waals surface area (Å²) in [7, 11) is 0. The number of phenols is 1. The molecule has 6 aliphatic rings. The topological polar surface area (TPSA) is 94.1 Å². The van der Waals surface area contributed by atoms with E-state index in [9.17, 15) is 18.7 Å². The number of aryl methyl sites for hydroxylation is 1. The number of alkyl halides is 1. The summed E-state index contributed by atoms with van der Waals surface area (Å²) >= 11 is 0. The third kappa shape index (κ3) is 3.96. The summed E-state index contributed by atoms with van der Waals surface area (Å²) in [6.07, 6.45) is 2.99. The average molecular weight is 577 g/mol. The fraction of sp³-hybridized carbons (Fsp3) is 0.516. The van der Waals surface area contributed by atoms with E-state index in [2.05, 4.69) is 15.1 Å². The van der Waals surface area contributed by atoms with Gasteiger partial charge in [-0.15, -0.1) is 0 Å². The predicted octanol–water partition coefficient (Wildman–Crippen LogP) is 3.70. The van der Waals surface area contributed by atoms with E-state index in [1.807, 2.05) is 6.92 Å². The van der Waals surface area contributed by atoms with Gasteiger partial charge in [-0.2, -0.15) is 9.97 Å². The number of anilines is 2. The minimum absolute atomic E-state index is 0.00413. The molecule has 4 atom stereocenters. The number of phenolic OH excluding ortho intramolecular Hbond substituents is 1. The Morgan fingerprint density at radius 3 is 2.79 bits per heavy atom. The molecule has 2 bridgehead atoms. The zero-order chi connectivity index (χ0) is 28.7. The van der Waals surface area contributed by atoms with E-state index in [-0.39, 0.29) is 35.6 Å². The molecule has 220 valence electrons. The number of amides is 1. The van der Waals surface area contributed by atoms with Crippen LogP contribution in [-0.4, -0.2) is 82.5 Å². The first-order valence-corrected chi connectivity index (χ1v) is 15.0. The number of piperidine rings is 1. The number of carbonyl (C=O) groups is 1. The Morgan fingerprint density at radius 2 is 2.00 bits per heavy atom. The van der Waals surface area contributed by atoms with Crippen LogP contribution in [0, 0.1) is 5.82 Å². The van der Waals surface area contributed by atoms with Crippen molar-refractivity contribution in [1.82, 2.24) is 20.2 Å². The molecule has 9 nitrogen and oxygen atoms in total. The van der Waals surface area contributed by atoms with Crippen molar-refractivity contribution in [3.63, 3.8) is 0 Å². The molecule has 3 aromatic rings. The van der Waals surface area contributed by atoms with Crippen LogP contribution in [0.3, 0.4) is 0 Å². The molecular formula is C31H34F2N6O3. The molecule has 9 rings (SSSR count). The third-order valence-electron chi connectivity index (χ3n) is 9.94. The summed E-state index contributed by atoms with van der Waals surface area (Å²) < 4.78 is 35.6. The van der Waals surface area contributed by atoms with Crippen molar-refractivity contribution in [2.75, 3.05) is 42.6 Å². The number of benzene rings is 2. The van der Waals surface area contributed by atoms with Crippen LogP contribution in [0.5, 0.6) is 11.8 Å². The molecule has 1 aromatic heterocycles. The number of nitrogens with zero attached hydrogens (tertiary/aromatic N) is 5. The first-order chi connectivity index (χ1) is 20.3. The summed E-state index contributed by atoms with van der Waals surface area (Å²) in [4.78, 5) is 29.6. The normalized spacial score (nSPS) is 28.4. The van der Waals surface area contributed by atoms with Crippen molar-refractivity contribution in [2.24, 2.45) is 0 Å². The number of carbonyl (C=O) groups excluding carboxylic acids is 1. The number of hydrogen-bond acceptors (Lipinski definition) is 8. The fourth-order valence-electron chi connectivity index (χ4n) is 8.02. The molecule has 1 amide bonds. The second-order valence-electron chi connectivity index (χ2n) is 12.6. The molecule has 6 aliphatic heterocycles. The highest BCUT2D eigenvalue weighted by Crippen LogP contribution is 2.43. The van der Waals surface area contributed by atoms with Gasteiger partial charge in [-0.25, -0.2) is 8.78 Å². The molecule has 0 saturated carbocycles. The Morgan fingerprint density at radius 1 is 1.19 bits per heavy atom. The van der Waals surface area contributed by atoms with Gasteiger partial charge in [-0.05, 0) is 55.3 Å². The Balaban J connectivity index is 1.19. The second kappa shape index (κ2) is 9.47. The minimum atomic E-state index is -0.862. The van der Waals surface area contributed by atoms with Gasteiger partial charge in [-0.3, -0.25) is 9.69 Å². The van der Waals surface area contributed by atoms with Crippen LogP contribution < -0.4 is 19.9 Å². The van der Waals surface area contributed by atoms with Gasteiger partial charge >= 0.3 is 6.01 Å². The molecule has 2 aromatic carbocycles. The van der Waals surface area contributed by atoms with E-state index in [0.29, 0.717) is 90.3 Å². The van der Waals surface area contributed by atoms with Crippen molar-refractivity contribution in [2.45, 2.75) is 69.4 Å². The maximum atomic E-state index is 14.9. The molecule has 11 heteroatoms. The van der Waals surface area contributed by atoms with Gasteiger partial charge in [0.1, 0.15) is 35.7 Å². The number of rotatable bonds is 6. The van der Waals surface area contributed by atoms with Crippen molar-refractivity contribution in [3.05, 3.63) is 46.9 Å². The van der Waals surface area contributed by atoms with Crippen molar-refractivity contribution in [3.8, 4) is 11.8 Å². The summed E-state index contributed by atoms with van der Waals surface area (Å²) in [6.45, 7) is 5.05. The van der Waals surface area contributed by atoms with Gasteiger partial charge in [0.2, 0.25) is 0 Å². The Kier molecular flexibility index (Phi) is 5.88. The summed E-state index contributed by atoms with van der Waals surface area (Å²) in [5.74, 6) is -0.0927. The number of ether oxygens (including phenoxy) is 1. The predicted molar refractivity (Wildman–Crippen MR) is 154 cm³/mol. The molecule has 2 unspecified atom stereocenters. The fourth-order valence-corrected chi connectivity index (χ4v) is 8.02. The molecule has 0 aliphatic carbocycles. The van der Waals surface area contributed by atoms with Crippen LogP contribution in [0.15, 0.2) is 24.3 Å². The standard InChI is InChI=1S/C31H34F2N6O3/c1-2-22-23(33)5-4-17-8-21(40)10-25(26(17)22)39-15-24-27(29(39)41)28(37-13-19-9-20(14-37)34-19)36-30(35-24)42-16-31-6-3-7-38(31)12-18(32)11-31/h4-5,8,10,18-20,34,40H,2-3,6-7,9,11-16H2,1H3/t18-,19?,20?,31+/m1/s1. The number of hydrogen-bond donors (Lipinski definition) is 2. The Bertz CT molecular complexity index is 1600. The van der Waals surface area contributed by atoms with Gasteiger partial charge in [-0.1, -0.05) is 13.0 Å². The van der Waals surface area contributed by atoms with E-state index in [1.54, 1.807) is 17.0 Å². The van der Waals surface area contributed by atoms with E-state index < -0.39 is 6.17 Å². The maximum absolute atomic E-state index is 14.9. The first-order valence-electron chi connectivity index (χ1n) is 15.0. The lowest BCUT2D eigenvalue weighted by molar-refractivity contribution is 0.0995. The summed E-state index contributed by atoms with van der Waals surface area (Å²) in [6, 6.07) is 7.00. The van der Waals surface area contributed by atoms with Crippen LogP contribution in [0.25, 0.3) is 10.8 Å². The first kappa shape index (κ1) is 26.1. The van der Waals surface area contributed by atoms with E-state index in [0.717, 1.165) is 25.8 Å². The second-order valence-corrected chi connectivity index (χ2v) is 12.6. The number of aromatic nitrogens is 2.